The molecule has 0 unspecified atom stereocenters. The molecule has 0 bridgehead atoms. The standard InChI is InChI=1S/C15H24FNO/c1-11(2)8-9-18-15-13(10-17-12(3)4)6-5-7-14(15)16/h5-7,11-12,17H,8-10H2,1-4H3. The topological polar surface area (TPSA) is 21.3 Å². The Labute approximate surface area is 110 Å². The quantitative estimate of drug-likeness (QED) is 0.799. The van der Waals surface area contributed by atoms with Gasteiger partial charge >= 0.3 is 0 Å². The third-order valence-electron chi connectivity index (χ3n) is 2.69. The molecule has 1 aromatic carbocycles. The Kier molecular flexibility index (Phi) is 6.13. The lowest BCUT2D eigenvalue weighted by Gasteiger charge is -2.15. The number of hydrogen-bond donors (Lipinski definition) is 1. The molecule has 0 aliphatic heterocycles. The molecule has 0 aliphatic carbocycles. The molecule has 102 valence electrons. The van der Waals surface area contributed by atoms with Crippen LogP contribution in [0.15, 0.2) is 18.2 Å². The minimum absolute atomic E-state index is 0.276. The number of benzene rings is 1. The molecule has 0 spiro atoms. The van der Waals surface area contributed by atoms with Gasteiger partial charge in [-0.15, -0.1) is 0 Å². The smallest absolute Gasteiger partial charge is 0.165 e. The van der Waals surface area contributed by atoms with Crippen LogP contribution >= 0.6 is 0 Å². The van der Waals surface area contributed by atoms with E-state index in [0.717, 1.165) is 12.0 Å². The Morgan fingerprint density at radius 1 is 1.22 bits per heavy atom. The zero-order chi connectivity index (χ0) is 13.5. The molecule has 0 fully saturated rings. The molecule has 0 radical (unpaired) electrons. The van der Waals surface area contributed by atoms with Crippen molar-refractivity contribution < 1.29 is 9.13 Å². The van der Waals surface area contributed by atoms with E-state index in [0.29, 0.717) is 30.9 Å². The maximum atomic E-state index is 13.7. The molecule has 0 heterocycles. The Morgan fingerprint density at radius 2 is 1.94 bits per heavy atom. The van der Waals surface area contributed by atoms with Gasteiger partial charge in [0.25, 0.3) is 0 Å². The second-order valence-electron chi connectivity index (χ2n) is 5.29. The third kappa shape index (κ3) is 5.05. The molecule has 1 aromatic rings. The van der Waals surface area contributed by atoms with E-state index in [1.54, 1.807) is 6.07 Å². The number of ether oxygens (including phenoxy) is 1. The number of nitrogens with one attached hydrogen (secondary N) is 1. The van der Waals surface area contributed by atoms with Crippen LogP contribution in [0.25, 0.3) is 0 Å². The SMILES string of the molecule is CC(C)CCOc1c(F)cccc1CNC(C)C. The van der Waals surface area contributed by atoms with E-state index in [-0.39, 0.29) is 5.82 Å². The summed E-state index contributed by atoms with van der Waals surface area (Å²) < 4.78 is 19.3. The molecule has 0 amide bonds. The molecular formula is C15H24FNO. The first-order valence-electron chi connectivity index (χ1n) is 6.64. The number of para-hydroxylation sites is 1. The first-order valence-corrected chi connectivity index (χ1v) is 6.64. The lowest BCUT2D eigenvalue weighted by molar-refractivity contribution is 0.273. The molecule has 3 heteroatoms. The van der Waals surface area contributed by atoms with Gasteiger partial charge in [0.2, 0.25) is 0 Å². The van der Waals surface area contributed by atoms with E-state index in [1.807, 2.05) is 6.07 Å². The van der Waals surface area contributed by atoms with Crippen LogP contribution in [-0.2, 0) is 6.54 Å². The molecule has 1 N–H and O–H groups in total. The summed E-state index contributed by atoms with van der Waals surface area (Å²) in [6.07, 6.45) is 0.936. The van der Waals surface area contributed by atoms with Crippen LogP contribution in [-0.4, -0.2) is 12.6 Å². The summed E-state index contributed by atoms with van der Waals surface area (Å²) in [7, 11) is 0. The zero-order valence-corrected chi connectivity index (χ0v) is 11.8. The van der Waals surface area contributed by atoms with Crippen LogP contribution in [0.5, 0.6) is 5.75 Å². The Bertz CT molecular complexity index is 364. The Morgan fingerprint density at radius 3 is 2.56 bits per heavy atom. The van der Waals surface area contributed by atoms with Gasteiger partial charge in [0.05, 0.1) is 6.61 Å². The first kappa shape index (κ1) is 15.0. The number of rotatable bonds is 7. The van der Waals surface area contributed by atoms with Crippen molar-refractivity contribution in [2.45, 2.75) is 46.7 Å². The fourth-order valence-electron chi connectivity index (χ4n) is 1.57. The normalized spacial score (nSPS) is 11.3. The van der Waals surface area contributed by atoms with Gasteiger partial charge in [-0.05, 0) is 18.4 Å². The fraction of sp³-hybridized carbons (Fsp3) is 0.600. The van der Waals surface area contributed by atoms with E-state index in [9.17, 15) is 4.39 Å². The summed E-state index contributed by atoms with van der Waals surface area (Å²) in [6.45, 7) is 9.59. The van der Waals surface area contributed by atoms with Crippen molar-refractivity contribution in [1.82, 2.24) is 5.32 Å². The average molecular weight is 253 g/mol. The van der Waals surface area contributed by atoms with Crippen LogP contribution in [0, 0.1) is 11.7 Å². The van der Waals surface area contributed by atoms with Crippen molar-refractivity contribution in [2.24, 2.45) is 5.92 Å². The lowest BCUT2D eigenvalue weighted by Crippen LogP contribution is -2.22. The summed E-state index contributed by atoms with van der Waals surface area (Å²) in [5.41, 5.74) is 0.882. The molecule has 0 aromatic heterocycles. The van der Waals surface area contributed by atoms with Gasteiger partial charge in [0.15, 0.2) is 11.6 Å². The van der Waals surface area contributed by atoms with Crippen molar-refractivity contribution in [1.29, 1.82) is 0 Å². The molecule has 2 nitrogen and oxygen atoms in total. The Balaban J connectivity index is 2.67. The molecule has 0 saturated heterocycles. The minimum Gasteiger partial charge on any atom is -0.490 e. The van der Waals surface area contributed by atoms with Crippen molar-refractivity contribution in [3.05, 3.63) is 29.6 Å². The van der Waals surface area contributed by atoms with Gasteiger partial charge in [0.1, 0.15) is 0 Å². The van der Waals surface area contributed by atoms with Gasteiger partial charge in [-0.1, -0.05) is 39.8 Å². The van der Waals surface area contributed by atoms with Crippen molar-refractivity contribution in [2.75, 3.05) is 6.61 Å². The van der Waals surface area contributed by atoms with Crippen molar-refractivity contribution in [3.8, 4) is 5.75 Å². The molecule has 0 atom stereocenters. The van der Waals surface area contributed by atoms with Crippen molar-refractivity contribution >= 4 is 0 Å². The van der Waals surface area contributed by atoms with Gasteiger partial charge in [0, 0.05) is 18.2 Å². The largest absolute Gasteiger partial charge is 0.490 e. The van der Waals surface area contributed by atoms with Gasteiger partial charge in [-0.2, -0.15) is 0 Å². The highest BCUT2D eigenvalue weighted by atomic mass is 19.1. The van der Waals surface area contributed by atoms with Crippen molar-refractivity contribution in [3.63, 3.8) is 0 Å². The maximum absolute atomic E-state index is 13.7. The van der Waals surface area contributed by atoms with Crippen LogP contribution in [0.1, 0.15) is 39.7 Å². The van der Waals surface area contributed by atoms with E-state index in [1.165, 1.54) is 6.07 Å². The molecule has 0 aliphatic rings. The summed E-state index contributed by atoms with van der Waals surface area (Å²) >= 11 is 0. The summed E-state index contributed by atoms with van der Waals surface area (Å²) in [4.78, 5) is 0. The average Bonchev–Trinajstić information content (AvgIpc) is 2.28. The second kappa shape index (κ2) is 7.37. The van der Waals surface area contributed by atoms with E-state index in [4.69, 9.17) is 4.74 Å². The summed E-state index contributed by atoms with van der Waals surface area (Å²) in [6, 6.07) is 5.45. The number of halogens is 1. The van der Waals surface area contributed by atoms with Crippen LogP contribution < -0.4 is 10.1 Å². The first-order chi connectivity index (χ1) is 8.50. The highest BCUT2D eigenvalue weighted by Gasteiger charge is 2.10. The fourth-order valence-corrected chi connectivity index (χ4v) is 1.57. The van der Waals surface area contributed by atoms with Crippen LogP contribution in [0.4, 0.5) is 4.39 Å². The highest BCUT2D eigenvalue weighted by molar-refractivity contribution is 5.34. The summed E-state index contributed by atoms with van der Waals surface area (Å²) in [5, 5.41) is 3.28. The highest BCUT2D eigenvalue weighted by Crippen LogP contribution is 2.23. The maximum Gasteiger partial charge on any atom is 0.165 e. The Hall–Kier alpha value is -1.09. The van der Waals surface area contributed by atoms with E-state index in [2.05, 4.69) is 33.0 Å². The molecule has 0 saturated carbocycles. The number of hydrogen-bond acceptors (Lipinski definition) is 2. The van der Waals surface area contributed by atoms with Crippen LogP contribution in [0.3, 0.4) is 0 Å². The van der Waals surface area contributed by atoms with E-state index < -0.39 is 0 Å². The van der Waals surface area contributed by atoms with Gasteiger partial charge < -0.3 is 10.1 Å². The molecule has 1 rings (SSSR count). The lowest BCUT2D eigenvalue weighted by atomic mass is 10.1. The van der Waals surface area contributed by atoms with E-state index >= 15 is 0 Å². The van der Waals surface area contributed by atoms with Crippen LogP contribution in [0.2, 0.25) is 0 Å². The zero-order valence-electron chi connectivity index (χ0n) is 11.8. The third-order valence-corrected chi connectivity index (χ3v) is 2.69. The second-order valence-corrected chi connectivity index (χ2v) is 5.29. The van der Waals surface area contributed by atoms with Gasteiger partial charge in [-0.25, -0.2) is 4.39 Å². The predicted octanol–water partition coefficient (Wildman–Crippen LogP) is 3.75. The van der Waals surface area contributed by atoms with Gasteiger partial charge in [-0.3, -0.25) is 0 Å². The molecular weight excluding hydrogens is 229 g/mol. The minimum atomic E-state index is -0.276. The molecule has 18 heavy (non-hydrogen) atoms. The predicted molar refractivity (Wildman–Crippen MR) is 73.3 cm³/mol. The summed E-state index contributed by atoms with van der Waals surface area (Å²) in [5.74, 6) is 0.683. The monoisotopic (exact) mass is 253 g/mol.